The Labute approximate surface area is 171 Å². The summed E-state index contributed by atoms with van der Waals surface area (Å²) in [6.07, 6.45) is -4.50. The predicted molar refractivity (Wildman–Crippen MR) is 108 cm³/mol. The van der Waals surface area contributed by atoms with Crippen LogP contribution in [0.4, 0.5) is 30.2 Å². The van der Waals surface area contributed by atoms with Crippen molar-refractivity contribution in [1.29, 1.82) is 0 Å². The van der Waals surface area contributed by atoms with Gasteiger partial charge in [-0.25, -0.2) is 0 Å². The molecule has 29 heavy (non-hydrogen) atoms. The summed E-state index contributed by atoms with van der Waals surface area (Å²) in [7, 11) is 0. The van der Waals surface area contributed by atoms with Gasteiger partial charge in [0, 0.05) is 23.8 Å². The number of rotatable bonds is 5. The summed E-state index contributed by atoms with van der Waals surface area (Å²) in [4.78, 5) is 14.6. The van der Waals surface area contributed by atoms with Crippen LogP contribution in [0.25, 0.3) is 0 Å². The molecule has 2 aromatic rings. The molecule has 3 rings (SSSR count). The maximum Gasteiger partial charge on any atom is 0.416 e. The molecule has 1 saturated heterocycles. The van der Waals surface area contributed by atoms with Crippen LogP contribution in [0.15, 0.2) is 42.5 Å². The van der Waals surface area contributed by atoms with Gasteiger partial charge in [0.2, 0.25) is 5.91 Å². The quantitative estimate of drug-likeness (QED) is 0.730. The molecule has 0 spiro atoms. The summed E-state index contributed by atoms with van der Waals surface area (Å²) in [5.74, 6) is -0.450. The third-order valence-electron chi connectivity index (χ3n) is 4.55. The van der Waals surface area contributed by atoms with Crippen LogP contribution in [-0.2, 0) is 15.7 Å². The maximum atomic E-state index is 13.2. The first kappa shape index (κ1) is 21.3. The van der Waals surface area contributed by atoms with E-state index in [9.17, 15) is 18.0 Å². The monoisotopic (exact) mass is 427 g/mol. The summed E-state index contributed by atoms with van der Waals surface area (Å²) in [6, 6.07) is 9.50. The van der Waals surface area contributed by atoms with Gasteiger partial charge in [-0.15, -0.1) is 0 Å². The highest BCUT2D eigenvalue weighted by molar-refractivity contribution is 6.30. The molecule has 2 N–H and O–H groups in total. The number of nitrogens with zero attached hydrogens (tertiary/aromatic N) is 1. The largest absolute Gasteiger partial charge is 0.416 e. The zero-order valence-electron chi connectivity index (χ0n) is 15.7. The van der Waals surface area contributed by atoms with Crippen molar-refractivity contribution in [2.45, 2.75) is 19.1 Å². The van der Waals surface area contributed by atoms with Crippen molar-refractivity contribution in [2.24, 2.45) is 0 Å². The normalized spacial score (nSPS) is 15.7. The van der Waals surface area contributed by atoms with Crippen molar-refractivity contribution < 1.29 is 22.7 Å². The number of carbonyl (C=O) groups excluding carboxylic acids is 1. The minimum atomic E-state index is -4.50. The van der Waals surface area contributed by atoms with Crippen molar-refractivity contribution in [3.05, 3.63) is 53.1 Å². The van der Waals surface area contributed by atoms with Crippen LogP contribution < -0.4 is 15.5 Å². The fourth-order valence-electron chi connectivity index (χ4n) is 3.00. The Hall–Kier alpha value is -2.45. The first-order chi connectivity index (χ1) is 13.7. The van der Waals surface area contributed by atoms with Crippen molar-refractivity contribution in [1.82, 2.24) is 0 Å². The van der Waals surface area contributed by atoms with E-state index in [1.807, 2.05) is 4.90 Å². The van der Waals surface area contributed by atoms with Crippen LogP contribution in [0.3, 0.4) is 0 Å². The fraction of sp³-hybridized carbons (Fsp3) is 0.350. The van der Waals surface area contributed by atoms with Crippen LogP contribution in [0.1, 0.15) is 12.5 Å². The Morgan fingerprint density at radius 3 is 2.41 bits per heavy atom. The maximum absolute atomic E-state index is 13.2. The molecular formula is C20H21ClF3N3O2. The van der Waals surface area contributed by atoms with Crippen LogP contribution in [0.5, 0.6) is 0 Å². The van der Waals surface area contributed by atoms with Gasteiger partial charge in [0.05, 0.1) is 30.2 Å². The van der Waals surface area contributed by atoms with Gasteiger partial charge in [0.1, 0.15) is 6.04 Å². The molecule has 0 aliphatic carbocycles. The molecule has 0 radical (unpaired) electrons. The fourth-order valence-corrected chi connectivity index (χ4v) is 3.12. The number of morpholine rings is 1. The summed E-state index contributed by atoms with van der Waals surface area (Å²) in [6.45, 7) is 3.65. The zero-order valence-corrected chi connectivity index (χ0v) is 16.5. The third-order valence-corrected chi connectivity index (χ3v) is 4.81. The number of ether oxygens (including phenoxy) is 1. The van der Waals surface area contributed by atoms with Crippen LogP contribution in [-0.4, -0.2) is 38.3 Å². The van der Waals surface area contributed by atoms with E-state index in [0.29, 0.717) is 42.7 Å². The van der Waals surface area contributed by atoms with Gasteiger partial charge >= 0.3 is 6.18 Å². The average Bonchev–Trinajstić information content (AvgIpc) is 2.69. The van der Waals surface area contributed by atoms with Gasteiger partial charge in [0.25, 0.3) is 0 Å². The van der Waals surface area contributed by atoms with Crippen molar-refractivity contribution in [3.63, 3.8) is 0 Å². The van der Waals surface area contributed by atoms with Crippen molar-refractivity contribution in [3.8, 4) is 0 Å². The third kappa shape index (κ3) is 5.55. The van der Waals surface area contributed by atoms with E-state index in [0.717, 1.165) is 12.1 Å². The number of hydrogen-bond donors (Lipinski definition) is 2. The number of anilines is 3. The summed E-state index contributed by atoms with van der Waals surface area (Å²) in [5, 5.41) is 6.21. The van der Waals surface area contributed by atoms with E-state index < -0.39 is 23.7 Å². The lowest BCUT2D eigenvalue weighted by atomic mass is 10.1. The van der Waals surface area contributed by atoms with Gasteiger partial charge in [-0.05, 0) is 49.4 Å². The van der Waals surface area contributed by atoms with Crippen molar-refractivity contribution in [2.75, 3.05) is 41.8 Å². The molecule has 0 saturated carbocycles. The Morgan fingerprint density at radius 2 is 1.79 bits per heavy atom. The molecule has 0 bridgehead atoms. The SMILES string of the molecule is C[C@H](Nc1ccc(Cl)cc1)C(=O)Nc1cc(C(F)(F)F)ccc1N1CCOCC1. The molecule has 1 heterocycles. The Morgan fingerprint density at radius 1 is 1.14 bits per heavy atom. The number of carbonyl (C=O) groups is 1. The minimum absolute atomic E-state index is 0.122. The number of halogens is 4. The van der Waals surface area contributed by atoms with E-state index >= 15 is 0 Å². The molecule has 156 valence electrons. The standard InChI is InChI=1S/C20H21ClF3N3O2/c1-13(25-16-5-3-15(21)4-6-16)19(28)26-17-12-14(20(22,23)24)2-7-18(17)27-8-10-29-11-9-27/h2-7,12-13,25H,8-11H2,1H3,(H,26,28)/t13-/m0/s1. The van der Waals surface area contributed by atoms with Gasteiger partial charge in [-0.3, -0.25) is 4.79 Å². The van der Waals surface area contributed by atoms with E-state index in [1.165, 1.54) is 6.07 Å². The second kappa shape index (κ2) is 8.92. The average molecular weight is 428 g/mol. The molecule has 2 aromatic carbocycles. The lowest BCUT2D eigenvalue weighted by Gasteiger charge is -2.31. The lowest BCUT2D eigenvalue weighted by Crippen LogP contribution is -2.37. The molecule has 1 amide bonds. The lowest BCUT2D eigenvalue weighted by molar-refractivity contribution is -0.137. The number of benzene rings is 2. The van der Waals surface area contributed by atoms with Gasteiger partial charge < -0.3 is 20.3 Å². The van der Waals surface area contributed by atoms with Crippen LogP contribution >= 0.6 is 11.6 Å². The minimum Gasteiger partial charge on any atom is -0.378 e. The molecule has 0 unspecified atom stereocenters. The molecular weight excluding hydrogens is 407 g/mol. The topological polar surface area (TPSA) is 53.6 Å². The first-order valence-corrected chi connectivity index (χ1v) is 9.49. The molecule has 1 aliphatic rings. The van der Waals surface area contributed by atoms with E-state index in [-0.39, 0.29) is 5.69 Å². The van der Waals surface area contributed by atoms with Crippen LogP contribution in [0, 0.1) is 0 Å². The smallest absolute Gasteiger partial charge is 0.378 e. The highest BCUT2D eigenvalue weighted by Crippen LogP contribution is 2.36. The highest BCUT2D eigenvalue weighted by atomic mass is 35.5. The molecule has 1 fully saturated rings. The highest BCUT2D eigenvalue weighted by Gasteiger charge is 2.32. The summed E-state index contributed by atoms with van der Waals surface area (Å²) < 4.78 is 44.9. The van der Waals surface area contributed by atoms with Gasteiger partial charge in [0.15, 0.2) is 0 Å². The summed E-state index contributed by atoms with van der Waals surface area (Å²) in [5.41, 5.74) is 0.516. The van der Waals surface area contributed by atoms with E-state index in [4.69, 9.17) is 16.3 Å². The van der Waals surface area contributed by atoms with Gasteiger partial charge in [-0.2, -0.15) is 13.2 Å². The Kier molecular flexibility index (Phi) is 6.54. The molecule has 0 aromatic heterocycles. The van der Waals surface area contributed by atoms with E-state index in [2.05, 4.69) is 10.6 Å². The van der Waals surface area contributed by atoms with Crippen molar-refractivity contribution >= 4 is 34.6 Å². The predicted octanol–water partition coefficient (Wildman–Crippen LogP) is 4.63. The number of hydrogen-bond acceptors (Lipinski definition) is 4. The second-order valence-corrected chi connectivity index (χ2v) is 7.13. The first-order valence-electron chi connectivity index (χ1n) is 9.11. The number of alkyl halides is 3. The van der Waals surface area contributed by atoms with Crippen LogP contribution in [0.2, 0.25) is 5.02 Å². The molecule has 9 heteroatoms. The second-order valence-electron chi connectivity index (χ2n) is 6.69. The van der Waals surface area contributed by atoms with Gasteiger partial charge in [-0.1, -0.05) is 11.6 Å². The molecule has 5 nitrogen and oxygen atoms in total. The van der Waals surface area contributed by atoms with E-state index in [1.54, 1.807) is 31.2 Å². The Balaban J connectivity index is 1.80. The Bertz CT molecular complexity index is 853. The molecule has 1 aliphatic heterocycles. The summed E-state index contributed by atoms with van der Waals surface area (Å²) >= 11 is 5.85. The molecule has 1 atom stereocenters. The number of nitrogens with one attached hydrogen (secondary N) is 2. The zero-order chi connectivity index (χ0) is 21.0. The number of amides is 1.